The third-order valence-corrected chi connectivity index (χ3v) is 5.54. The number of hydrogen-bond donors (Lipinski definition) is 0. The quantitative estimate of drug-likeness (QED) is 0.346. The SMILES string of the molecule is Pc1ccc(-c2ccc3ccc(-c4ccc(-c5ccncc5)nc4)cc3c2)cc1. The van der Waals surface area contributed by atoms with Gasteiger partial charge in [-0.05, 0) is 63.1 Å². The summed E-state index contributed by atoms with van der Waals surface area (Å²) in [5, 5.41) is 3.66. The van der Waals surface area contributed by atoms with Crippen LogP contribution in [0.3, 0.4) is 0 Å². The number of pyridine rings is 2. The van der Waals surface area contributed by atoms with Crippen LogP contribution >= 0.6 is 9.24 Å². The molecule has 0 bridgehead atoms. The van der Waals surface area contributed by atoms with Gasteiger partial charge < -0.3 is 0 Å². The van der Waals surface area contributed by atoms with Crippen LogP contribution < -0.4 is 5.30 Å². The van der Waals surface area contributed by atoms with Crippen LogP contribution in [0.4, 0.5) is 0 Å². The van der Waals surface area contributed by atoms with E-state index in [0.717, 1.165) is 16.8 Å². The highest BCUT2D eigenvalue weighted by molar-refractivity contribution is 7.27. The van der Waals surface area contributed by atoms with Crippen LogP contribution in [0.2, 0.25) is 0 Å². The Kier molecular flexibility index (Phi) is 4.63. The van der Waals surface area contributed by atoms with Crippen molar-refractivity contribution in [2.75, 3.05) is 0 Å². The summed E-state index contributed by atoms with van der Waals surface area (Å²) < 4.78 is 0. The molecule has 0 radical (unpaired) electrons. The molecule has 0 fully saturated rings. The van der Waals surface area contributed by atoms with Crippen molar-refractivity contribution < 1.29 is 0 Å². The molecule has 0 N–H and O–H groups in total. The molecule has 3 aromatic carbocycles. The van der Waals surface area contributed by atoms with Gasteiger partial charge in [0.1, 0.15) is 0 Å². The first kappa shape index (κ1) is 17.7. The van der Waals surface area contributed by atoms with E-state index in [1.807, 2.05) is 18.3 Å². The zero-order chi connectivity index (χ0) is 19.6. The van der Waals surface area contributed by atoms with E-state index in [4.69, 9.17) is 0 Å². The average molecular weight is 390 g/mol. The molecule has 0 spiro atoms. The highest BCUT2D eigenvalue weighted by atomic mass is 31.0. The Morgan fingerprint density at radius 1 is 0.517 bits per heavy atom. The van der Waals surface area contributed by atoms with E-state index in [2.05, 4.69) is 92.0 Å². The van der Waals surface area contributed by atoms with Gasteiger partial charge in [-0.15, -0.1) is 9.24 Å². The standard InChI is InChI=1S/C26H19N2P/c29-25-8-5-18(6-9-25)21-3-1-19-2-4-22(16-24(19)15-21)23-7-10-26(28-17-23)20-11-13-27-14-12-20/h1-17H,29H2. The second-order valence-corrected chi connectivity index (χ2v) is 7.73. The summed E-state index contributed by atoms with van der Waals surface area (Å²) in [4.78, 5) is 8.72. The molecular weight excluding hydrogens is 371 g/mol. The molecule has 0 aliphatic rings. The zero-order valence-electron chi connectivity index (χ0n) is 15.8. The third kappa shape index (κ3) is 3.68. The molecule has 2 aromatic heterocycles. The second kappa shape index (κ2) is 7.58. The van der Waals surface area contributed by atoms with Gasteiger partial charge in [0, 0.05) is 29.7 Å². The van der Waals surface area contributed by atoms with Crippen LogP contribution in [0.1, 0.15) is 0 Å². The first-order chi connectivity index (χ1) is 14.3. The highest BCUT2D eigenvalue weighted by Crippen LogP contribution is 2.29. The molecule has 0 aliphatic carbocycles. The largest absolute Gasteiger partial charge is 0.265 e. The molecule has 5 aromatic rings. The van der Waals surface area contributed by atoms with E-state index in [0.29, 0.717) is 0 Å². The Morgan fingerprint density at radius 2 is 1.14 bits per heavy atom. The molecule has 1 atom stereocenters. The highest BCUT2D eigenvalue weighted by Gasteiger charge is 2.05. The number of fused-ring (bicyclic) bond motifs is 1. The fourth-order valence-corrected chi connectivity index (χ4v) is 3.73. The molecule has 0 aliphatic heterocycles. The number of benzene rings is 3. The van der Waals surface area contributed by atoms with E-state index in [1.165, 1.54) is 32.8 Å². The number of rotatable bonds is 3. The first-order valence-electron chi connectivity index (χ1n) is 9.53. The van der Waals surface area contributed by atoms with Crippen LogP contribution in [0, 0.1) is 0 Å². The predicted molar refractivity (Wildman–Crippen MR) is 125 cm³/mol. The molecule has 138 valence electrons. The molecule has 0 saturated heterocycles. The molecule has 5 rings (SSSR count). The van der Waals surface area contributed by atoms with Gasteiger partial charge >= 0.3 is 0 Å². The van der Waals surface area contributed by atoms with E-state index >= 15 is 0 Å². The van der Waals surface area contributed by atoms with Crippen molar-refractivity contribution in [3.05, 3.63) is 104 Å². The van der Waals surface area contributed by atoms with Crippen molar-refractivity contribution in [3.8, 4) is 33.5 Å². The minimum absolute atomic E-state index is 0.955. The Hall–Kier alpha value is -3.35. The minimum atomic E-state index is 0.955. The van der Waals surface area contributed by atoms with Crippen molar-refractivity contribution in [2.24, 2.45) is 0 Å². The molecular formula is C26H19N2P. The Labute approximate surface area is 172 Å². The van der Waals surface area contributed by atoms with Gasteiger partial charge in [-0.2, -0.15) is 0 Å². The van der Waals surface area contributed by atoms with Gasteiger partial charge in [0.05, 0.1) is 5.69 Å². The molecule has 1 unspecified atom stereocenters. The maximum absolute atomic E-state index is 4.65. The number of aromatic nitrogens is 2. The van der Waals surface area contributed by atoms with Gasteiger partial charge in [-0.25, -0.2) is 0 Å². The molecule has 2 heterocycles. The maximum atomic E-state index is 4.65. The number of hydrogen-bond acceptors (Lipinski definition) is 2. The summed E-state index contributed by atoms with van der Waals surface area (Å²) in [7, 11) is 2.73. The summed E-state index contributed by atoms with van der Waals surface area (Å²) in [6.07, 6.45) is 5.52. The Morgan fingerprint density at radius 3 is 1.79 bits per heavy atom. The Bertz CT molecular complexity index is 1280. The topological polar surface area (TPSA) is 25.8 Å². The van der Waals surface area contributed by atoms with Crippen molar-refractivity contribution in [3.63, 3.8) is 0 Å². The van der Waals surface area contributed by atoms with E-state index in [-0.39, 0.29) is 0 Å². The lowest BCUT2D eigenvalue weighted by atomic mass is 9.98. The van der Waals surface area contributed by atoms with Crippen molar-refractivity contribution in [1.82, 2.24) is 9.97 Å². The van der Waals surface area contributed by atoms with Crippen molar-refractivity contribution in [2.45, 2.75) is 0 Å². The van der Waals surface area contributed by atoms with Crippen LogP contribution in [0.25, 0.3) is 44.3 Å². The van der Waals surface area contributed by atoms with Crippen LogP contribution in [-0.2, 0) is 0 Å². The summed E-state index contributed by atoms with van der Waals surface area (Å²) in [5.74, 6) is 0. The minimum Gasteiger partial charge on any atom is -0.265 e. The summed E-state index contributed by atoms with van der Waals surface area (Å²) in [5.41, 5.74) is 6.77. The lowest BCUT2D eigenvalue weighted by molar-refractivity contribution is 1.29. The van der Waals surface area contributed by atoms with Gasteiger partial charge in [0.15, 0.2) is 0 Å². The smallest absolute Gasteiger partial charge is 0.0703 e. The van der Waals surface area contributed by atoms with Gasteiger partial charge in [-0.1, -0.05) is 54.6 Å². The summed E-state index contributed by atoms with van der Waals surface area (Å²) in [6, 6.07) is 29.9. The van der Waals surface area contributed by atoms with E-state index in [1.54, 1.807) is 12.4 Å². The average Bonchev–Trinajstić information content (AvgIpc) is 2.79. The van der Waals surface area contributed by atoms with Gasteiger partial charge in [-0.3, -0.25) is 9.97 Å². The summed E-state index contributed by atoms with van der Waals surface area (Å²) >= 11 is 0. The lowest BCUT2D eigenvalue weighted by Crippen LogP contribution is -1.88. The van der Waals surface area contributed by atoms with Crippen LogP contribution in [-0.4, -0.2) is 9.97 Å². The zero-order valence-corrected chi connectivity index (χ0v) is 16.9. The first-order valence-corrected chi connectivity index (χ1v) is 10.1. The molecule has 29 heavy (non-hydrogen) atoms. The van der Waals surface area contributed by atoms with Crippen molar-refractivity contribution in [1.29, 1.82) is 0 Å². The third-order valence-electron chi connectivity index (χ3n) is 5.16. The molecule has 2 nitrogen and oxygen atoms in total. The normalized spacial score (nSPS) is 10.9. The summed E-state index contributed by atoms with van der Waals surface area (Å²) in [6.45, 7) is 0. The number of nitrogens with zero attached hydrogens (tertiary/aromatic N) is 2. The molecule has 0 amide bonds. The lowest BCUT2D eigenvalue weighted by Gasteiger charge is -2.08. The predicted octanol–water partition coefficient (Wildman–Crippen LogP) is 6.13. The monoisotopic (exact) mass is 390 g/mol. The molecule has 0 saturated carbocycles. The Balaban J connectivity index is 1.51. The van der Waals surface area contributed by atoms with E-state index in [9.17, 15) is 0 Å². The maximum Gasteiger partial charge on any atom is 0.0703 e. The second-order valence-electron chi connectivity index (χ2n) is 7.07. The van der Waals surface area contributed by atoms with Crippen LogP contribution in [0.15, 0.2) is 104 Å². The fourth-order valence-electron chi connectivity index (χ4n) is 3.54. The fraction of sp³-hybridized carbons (Fsp3) is 0. The van der Waals surface area contributed by atoms with Gasteiger partial charge in [0.2, 0.25) is 0 Å². The van der Waals surface area contributed by atoms with E-state index < -0.39 is 0 Å². The molecule has 3 heteroatoms. The van der Waals surface area contributed by atoms with Gasteiger partial charge in [0.25, 0.3) is 0 Å². The van der Waals surface area contributed by atoms with Crippen molar-refractivity contribution >= 4 is 25.3 Å². The van der Waals surface area contributed by atoms with Crippen LogP contribution in [0.5, 0.6) is 0 Å².